The fourth-order valence-electron chi connectivity index (χ4n) is 9.31. The summed E-state index contributed by atoms with van der Waals surface area (Å²) in [6.07, 6.45) is 0. The van der Waals surface area contributed by atoms with E-state index in [1.54, 1.807) is 0 Å². The zero-order valence-electron chi connectivity index (χ0n) is 28.5. The Balaban J connectivity index is 1.25. The number of benzene rings is 9. The third-order valence-corrected chi connectivity index (χ3v) is 11.4. The predicted molar refractivity (Wildman–Crippen MR) is 218 cm³/mol. The molecule has 0 aliphatic heterocycles. The van der Waals surface area contributed by atoms with Crippen LogP contribution >= 0.6 is 0 Å². The van der Waals surface area contributed by atoms with E-state index in [0.29, 0.717) is 0 Å². The molecule has 0 bridgehead atoms. The molecule has 0 atom stereocenters. The highest BCUT2D eigenvalue weighted by Crippen LogP contribution is 2.63. The van der Waals surface area contributed by atoms with Crippen LogP contribution in [0.4, 0.5) is 17.1 Å². The van der Waals surface area contributed by atoms with Crippen LogP contribution in [0.2, 0.25) is 0 Å². The van der Waals surface area contributed by atoms with E-state index in [2.05, 4.69) is 205 Å². The van der Waals surface area contributed by atoms with E-state index in [0.717, 1.165) is 11.4 Å². The summed E-state index contributed by atoms with van der Waals surface area (Å²) in [6, 6.07) is 74.0. The average molecular weight is 660 g/mol. The SMILES string of the molecule is c1ccc(-c2cccc(N(c3ccccc3)c3cc4ccccc4c4cc5c(cc34)-c3ccccc3C53c4ccccc4-c4ccccc43)c2)cc1. The third-order valence-electron chi connectivity index (χ3n) is 11.4. The van der Waals surface area contributed by atoms with Gasteiger partial charge in [0.2, 0.25) is 0 Å². The van der Waals surface area contributed by atoms with Gasteiger partial charge in [-0.05, 0) is 114 Å². The average Bonchev–Trinajstić information content (AvgIpc) is 3.68. The van der Waals surface area contributed by atoms with Gasteiger partial charge in [0.25, 0.3) is 0 Å². The van der Waals surface area contributed by atoms with E-state index in [4.69, 9.17) is 0 Å². The maximum absolute atomic E-state index is 2.54. The number of hydrogen-bond acceptors (Lipinski definition) is 1. The molecular formula is C51H33N. The van der Waals surface area contributed by atoms with E-state index < -0.39 is 5.41 Å². The Morgan fingerprint density at radius 3 is 1.54 bits per heavy atom. The minimum absolute atomic E-state index is 0.395. The normalized spacial score (nSPS) is 13.2. The monoisotopic (exact) mass is 659 g/mol. The van der Waals surface area contributed by atoms with Gasteiger partial charge in [-0.15, -0.1) is 0 Å². The fourth-order valence-corrected chi connectivity index (χ4v) is 9.31. The van der Waals surface area contributed by atoms with Crippen molar-refractivity contribution in [2.24, 2.45) is 0 Å². The highest BCUT2D eigenvalue weighted by atomic mass is 15.1. The smallest absolute Gasteiger partial charge is 0.0725 e. The van der Waals surface area contributed by atoms with Gasteiger partial charge in [0.05, 0.1) is 11.1 Å². The number of para-hydroxylation sites is 1. The molecule has 0 radical (unpaired) electrons. The lowest BCUT2D eigenvalue weighted by Crippen LogP contribution is -2.25. The lowest BCUT2D eigenvalue weighted by atomic mass is 9.70. The molecular weight excluding hydrogens is 627 g/mol. The summed E-state index contributed by atoms with van der Waals surface area (Å²) in [5.41, 5.74) is 16.1. The van der Waals surface area contributed by atoms with Crippen LogP contribution in [-0.4, -0.2) is 0 Å². The van der Waals surface area contributed by atoms with Gasteiger partial charge in [-0.25, -0.2) is 0 Å². The van der Waals surface area contributed by atoms with Gasteiger partial charge in [-0.3, -0.25) is 0 Å². The highest BCUT2D eigenvalue weighted by Gasteiger charge is 2.51. The first kappa shape index (κ1) is 29.1. The van der Waals surface area contributed by atoms with Crippen molar-refractivity contribution in [1.29, 1.82) is 0 Å². The molecule has 0 heterocycles. The molecule has 1 spiro atoms. The Labute approximate surface area is 303 Å². The Morgan fingerprint density at radius 2 is 0.846 bits per heavy atom. The van der Waals surface area contributed by atoms with Crippen LogP contribution in [0.25, 0.3) is 54.9 Å². The molecule has 0 fully saturated rings. The van der Waals surface area contributed by atoms with Crippen LogP contribution < -0.4 is 4.90 Å². The van der Waals surface area contributed by atoms with Crippen LogP contribution in [0.1, 0.15) is 22.3 Å². The molecule has 11 rings (SSSR count). The van der Waals surface area contributed by atoms with Gasteiger partial charge in [-0.2, -0.15) is 0 Å². The number of nitrogens with zero attached hydrogens (tertiary/aromatic N) is 1. The Morgan fingerprint density at radius 1 is 0.308 bits per heavy atom. The summed E-state index contributed by atoms with van der Waals surface area (Å²) < 4.78 is 0. The van der Waals surface area contributed by atoms with E-state index >= 15 is 0 Å². The van der Waals surface area contributed by atoms with Crippen LogP contribution in [0, 0.1) is 0 Å². The van der Waals surface area contributed by atoms with Crippen molar-refractivity contribution in [2.45, 2.75) is 5.41 Å². The van der Waals surface area contributed by atoms with E-state index in [1.807, 2.05) is 0 Å². The Hall–Kier alpha value is -6.70. The second-order valence-corrected chi connectivity index (χ2v) is 14.0. The topological polar surface area (TPSA) is 3.24 Å². The maximum atomic E-state index is 2.54. The molecule has 0 saturated heterocycles. The van der Waals surface area contributed by atoms with Gasteiger partial charge >= 0.3 is 0 Å². The number of rotatable bonds is 4. The number of anilines is 3. The molecule has 242 valence electrons. The summed E-state index contributed by atoms with van der Waals surface area (Å²) in [6.45, 7) is 0. The quantitative estimate of drug-likeness (QED) is 0.170. The van der Waals surface area contributed by atoms with Crippen molar-refractivity contribution in [3.05, 3.63) is 222 Å². The molecule has 9 aromatic rings. The van der Waals surface area contributed by atoms with Crippen LogP contribution in [0.5, 0.6) is 0 Å². The summed E-state index contributed by atoms with van der Waals surface area (Å²) in [7, 11) is 0. The highest BCUT2D eigenvalue weighted by molar-refractivity contribution is 6.17. The minimum Gasteiger partial charge on any atom is -0.310 e. The largest absolute Gasteiger partial charge is 0.310 e. The molecule has 0 saturated carbocycles. The first-order valence-corrected chi connectivity index (χ1v) is 18.1. The van der Waals surface area contributed by atoms with Crippen molar-refractivity contribution in [1.82, 2.24) is 0 Å². The van der Waals surface area contributed by atoms with Crippen LogP contribution in [0.15, 0.2) is 200 Å². The molecule has 1 heteroatoms. The second kappa shape index (κ2) is 11.2. The lowest BCUT2D eigenvalue weighted by molar-refractivity contribution is 0.795. The molecule has 0 N–H and O–H groups in total. The zero-order chi connectivity index (χ0) is 34.2. The molecule has 9 aromatic carbocycles. The van der Waals surface area contributed by atoms with Crippen LogP contribution in [0.3, 0.4) is 0 Å². The fraction of sp³-hybridized carbons (Fsp3) is 0.0196. The standard InChI is InChI=1S/C51H33N/c1-3-16-34(17-4-1)35-19-15-22-38(30-35)52(37-20-5-2-6-21-37)50-31-36-18-7-8-23-39(36)43-33-49-44(32-45(43)50)42-26-11-14-29-48(42)51(49)46-27-12-9-24-40(46)41-25-10-13-28-47(41)51/h1-33H. The van der Waals surface area contributed by atoms with Crippen molar-refractivity contribution in [3.8, 4) is 33.4 Å². The van der Waals surface area contributed by atoms with E-state index in [1.165, 1.54) is 82.9 Å². The maximum Gasteiger partial charge on any atom is 0.0725 e. The summed E-state index contributed by atoms with van der Waals surface area (Å²) in [5.74, 6) is 0. The molecule has 0 aromatic heterocycles. The Kier molecular flexibility index (Phi) is 6.23. The summed E-state index contributed by atoms with van der Waals surface area (Å²) in [4.78, 5) is 2.45. The van der Waals surface area contributed by atoms with Gasteiger partial charge in [-0.1, -0.05) is 158 Å². The molecule has 0 amide bonds. The summed E-state index contributed by atoms with van der Waals surface area (Å²) in [5, 5.41) is 4.99. The van der Waals surface area contributed by atoms with Gasteiger partial charge < -0.3 is 4.90 Å². The van der Waals surface area contributed by atoms with Gasteiger partial charge in [0.1, 0.15) is 0 Å². The third kappa shape index (κ3) is 3.99. The summed E-state index contributed by atoms with van der Waals surface area (Å²) >= 11 is 0. The molecule has 1 nitrogen and oxygen atoms in total. The van der Waals surface area contributed by atoms with Crippen molar-refractivity contribution in [3.63, 3.8) is 0 Å². The number of hydrogen-bond donors (Lipinski definition) is 0. The molecule has 0 unspecified atom stereocenters. The first-order chi connectivity index (χ1) is 25.8. The molecule has 2 aliphatic carbocycles. The number of fused-ring (bicyclic) bond motifs is 13. The first-order valence-electron chi connectivity index (χ1n) is 18.1. The zero-order valence-corrected chi connectivity index (χ0v) is 28.5. The minimum atomic E-state index is -0.395. The Bertz CT molecular complexity index is 2800. The lowest BCUT2D eigenvalue weighted by Gasteiger charge is -2.31. The van der Waals surface area contributed by atoms with Gasteiger partial charge in [0, 0.05) is 16.8 Å². The van der Waals surface area contributed by atoms with Crippen molar-refractivity contribution >= 4 is 38.6 Å². The molecule has 52 heavy (non-hydrogen) atoms. The predicted octanol–water partition coefficient (Wildman–Crippen LogP) is 13.5. The molecule has 2 aliphatic rings. The van der Waals surface area contributed by atoms with Crippen molar-refractivity contribution < 1.29 is 0 Å². The second-order valence-electron chi connectivity index (χ2n) is 14.0. The van der Waals surface area contributed by atoms with Gasteiger partial charge in [0.15, 0.2) is 0 Å². The van der Waals surface area contributed by atoms with E-state index in [-0.39, 0.29) is 0 Å². The van der Waals surface area contributed by atoms with Crippen LogP contribution in [-0.2, 0) is 5.41 Å². The van der Waals surface area contributed by atoms with E-state index in [9.17, 15) is 0 Å². The van der Waals surface area contributed by atoms with Crippen molar-refractivity contribution in [2.75, 3.05) is 4.90 Å².